The van der Waals surface area contributed by atoms with E-state index in [1.54, 1.807) is 6.92 Å². The number of hydrogen-bond donors (Lipinski definition) is 0. The minimum atomic E-state index is 0.247. The molecule has 1 rings (SSSR count). The van der Waals surface area contributed by atoms with E-state index in [0.29, 0.717) is 18.3 Å². The topological polar surface area (TPSA) is 17.1 Å². The zero-order valence-corrected chi connectivity index (χ0v) is 12.5. The molecule has 2 atom stereocenters. The monoisotopic (exact) mass is 258 g/mol. The Labute approximate surface area is 118 Å². The van der Waals surface area contributed by atoms with E-state index in [0.717, 1.165) is 12.3 Å². The summed E-state index contributed by atoms with van der Waals surface area (Å²) < 4.78 is 0. The van der Waals surface area contributed by atoms with Crippen molar-refractivity contribution in [1.29, 1.82) is 0 Å². The smallest absolute Gasteiger partial charge is 0.129 e. The fourth-order valence-corrected chi connectivity index (χ4v) is 2.00. The summed E-state index contributed by atoms with van der Waals surface area (Å²) in [5, 5.41) is 0. The molecule has 0 aromatic rings. The zero-order valence-electron chi connectivity index (χ0n) is 12.5. The van der Waals surface area contributed by atoms with E-state index in [9.17, 15) is 4.79 Å². The van der Waals surface area contributed by atoms with E-state index >= 15 is 0 Å². The standard InChI is InChI=1S/C18H26O/c1-15(10-11-17(3)19)8-6-4-5-7-9-16(2)14-18-12-13-18/h4-5,7,9,15-16,18H,10-14H2,1-3H3. The first-order chi connectivity index (χ1) is 9.08. The Morgan fingerprint density at radius 1 is 1.32 bits per heavy atom. The minimum absolute atomic E-state index is 0.247. The van der Waals surface area contributed by atoms with E-state index in [1.807, 2.05) is 12.2 Å². The average molecular weight is 258 g/mol. The number of ketones is 1. The molecule has 1 aliphatic carbocycles. The molecule has 0 aromatic carbocycles. The van der Waals surface area contributed by atoms with Gasteiger partial charge in [0.1, 0.15) is 5.78 Å². The molecule has 0 aromatic heterocycles. The molecule has 0 saturated heterocycles. The largest absolute Gasteiger partial charge is 0.300 e. The van der Waals surface area contributed by atoms with Crippen molar-refractivity contribution in [2.75, 3.05) is 0 Å². The van der Waals surface area contributed by atoms with Crippen LogP contribution in [0.15, 0.2) is 24.3 Å². The molecule has 0 aliphatic heterocycles. The van der Waals surface area contributed by atoms with E-state index in [-0.39, 0.29) is 5.78 Å². The van der Waals surface area contributed by atoms with Crippen LogP contribution in [0, 0.1) is 29.6 Å². The van der Waals surface area contributed by atoms with Crippen molar-refractivity contribution >= 4 is 5.78 Å². The van der Waals surface area contributed by atoms with Crippen molar-refractivity contribution < 1.29 is 4.79 Å². The molecule has 0 heterocycles. The maximum Gasteiger partial charge on any atom is 0.129 e. The van der Waals surface area contributed by atoms with Crippen molar-refractivity contribution in [2.24, 2.45) is 17.8 Å². The van der Waals surface area contributed by atoms with Gasteiger partial charge in [-0.25, -0.2) is 0 Å². The molecule has 0 radical (unpaired) electrons. The molecule has 1 saturated carbocycles. The fraction of sp³-hybridized carbons (Fsp3) is 0.611. The first-order valence-electron chi connectivity index (χ1n) is 7.41. The first kappa shape index (κ1) is 15.8. The van der Waals surface area contributed by atoms with E-state index in [4.69, 9.17) is 0 Å². The third kappa shape index (κ3) is 9.31. The normalized spacial score (nSPS) is 18.3. The predicted molar refractivity (Wildman–Crippen MR) is 81.6 cm³/mol. The summed E-state index contributed by atoms with van der Waals surface area (Å²) >= 11 is 0. The lowest BCUT2D eigenvalue weighted by atomic mass is 10.0. The van der Waals surface area contributed by atoms with Crippen molar-refractivity contribution in [2.45, 2.75) is 52.9 Å². The lowest BCUT2D eigenvalue weighted by molar-refractivity contribution is -0.117. The summed E-state index contributed by atoms with van der Waals surface area (Å²) in [5.41, 5.74) is 0. The predicted octanol–water partition coefficient (Wildman–Crippen LogP) is 4.54. The van der Waals surface area contributed by atoms with E-state index in [2.05, 4.69) is 37.8 Å². The summed E-state index contributed by atoms with van der Waals surface area (Å²) in [6, 6.07) is 0. The van der Waals surface area contributed by atoms with Crippen LogP contribution >= 0.6 is 0 Å². The highest BCUT2D eigenvalue weighted by molar-refractivity contribution is 5.75. The number of rotatable bonds is 7. The average Bonchev–Trinajstić information content (AvgIpc) is 3.14. The Kier molecular flexibility index (Phi) is 7.26. The van der Waals surface area contributed by atoms with Crippen LogP contribution in [0.5, 0.6) is 0 Å². The van der Waals surface area contributed by atoms with Crippen LogP contribution in [-0.2, 0) is 4.79 Å². The summed E-state index contributed by atoms with van der Waals surface area (Å²) in [6.07, 6.45) is 14.0. The number of carbonyl (C=O) groups excluding carboxylic acids is 1. The molecule has 104 valence electrons. The van der Waals surface area contributed by atoms with Crippen LogP contribution in [0.25, 0.3) is 0 Å². The van der Waals surface area contributed by atoms with Crippen molar-refractivity contribution in [3.63, 3.8) is 0 Å². The van der Waals surface area contributed by atoms with Gasteiger partial charge in [0.25, 0.3) is 0 Å². The van der Waals surface area contributed by atoms with Gasteiger partial charge >= 0.3 is 0 Å². The van der Waals surface area contributed by atoms with Crippen LogP contribution in [-0.4, -0.2) is 5.78 Å². The lowest BCUT2D eigenvalue weighted by Gasteiger charge is -2.01. The van der Waals surface area contributed by atoms with Gasteiger partial charge in [0.05, 0.1) is 0 Å². The van der Waals surface area contributed by atoms with Gasteiger partial charge in [0, 0.05) is 12.3 Å². The van der Waals surface area contributed by atoms with Crippen molar-refractivity contribution in [3.8, 4) is 11.8 Å². The Morgan fingerprint density at radius 2 is 2.05 bits per heavy atom. The molecule has 2 unspecified atom stereocenters. The van der Waals surface area contributed by atoms with E-state index in [1.165, 1.54) is 19.3 Å². The molecule has 1 aliphatic rings. The Morgan fingerprint density at radius 3 is 2.68 bits per heavy atom. The molecule has 0 N–H and O–H groups in total. The van der Waals surface area contributed by atoms with Crippen molar-refractivity contribution in [3.05, 3.63) is 24.3 Å². The van der Waals surface area contributed by atoms with Gasteiger partial charge in [-0.05, 0) is 37.7 Å². The molecule has 0 amide bonds. The van der Waals surface area contributed by atoms with Crippen LogP contribution in [0.4, 0.5) is 0 Å². The Balaban J connectivity index is 2.17. The van der Waals surface area contributed by atoms with Crippen LogP contribution in [0.3, 0.4) is 0 Å². The summed E-state index contributed by atoms with van der Waals surface area (Å²) in [4.78, 5) is 10.8. The second kappa shape index (κ2) is 8.75. The number of Topliss-reactive ketones (excluding diaryl/α,β-unsaturated/α-hetero) is 1. The molecule has 1 heteroatoms. The summed E-state index contributed by atoms with van der Waals surface area (Å²) in [5.74, 6) is 8.40. The maximum absolute atomic E-state index is 10.8. The number of hydrogen-bond acceptors (Lipinski definition) is 1. The fourth-order valence-electron chi connectivity index (χ4n) is 2.00. The van der Waals surface area contributed by atoms with Gasteiger partial charge in [-0.2, -0.15) is 0 Å². The number of allylic oxidation sites excluding steroid dienone is 4. The van der Waals surface area contributed by atoms with Gasteiger partial charge in [-0.3, -0.25) is 0 Å². The van der Waals surface area contributed by atoms with Crippen LogP contribution in [0.2, 0.25) is 0 Å². The van der Waals surface area contributed by atoms with Gasteiger partial charge < -0.3 is 4.79 Å². The van der Waals surface area contributed by atoms with Gasteiger partial charge in [-0.1, -0.05) is 56.8 Å². The molecule has 19 heavy (non-hydrogen) atoms. The van der Waals surface area contributed by atoms with Crippen LogP contribution < -0.4 is 0 Å². The second-order valence-corrected chi connectivity index (χ2v) is 5.83. The minimum Gasteiger partial charge on any atom is -0.300 e. The summed E-state index contributed by atoms with van der Waals surface area (Å²) in [6.45, 7) is 5.98. The highest BCUT2D eigenvalue weighted by Crippen LogP contribution is 2.35. The molecular weight excluding hydrogens is 232 g/mol. The Hall–Kier alpha value is -1.29. The second-order valence-electron chi connectivity index (χ2n) is 5.83. The third-order valence-electron chi connectivity index (χ3n) is 3.39. The zero-order chi connectivity index (χ0) is 14.1. The highest BCUT2D eigenvalue weighted by atomic mass is 16.1. The molecule has 0 bridgehead atoms. The molecular formula is C18H26O. The van der Waals surface area contributed by atoms with Gasteiger partial charge in [0.2, 0.25) is 0 Å². The number of carbonyl (C=O) groups is 1. The highest BCUT2D eigenvalue weighted by Gasteiger charge is 2.22. The van der Waals surface area contributed by atoms with Gasteiger partial charge in [0.15, 0.2) is 0 Å². The SMILES string of the molecule is CC(=O)CCC(C)C#CC=CC=CC(C)CC1CC1. The molecule has 0 spiro atoms. The first-order valence-corrected chi connectivity index (χ1v) is 7.41. The Bertz CT molecular complexity index is 388. The van der Waals surface area contributed by atoms with Crippen LogP contribution in [0.1, 0.15) is 52.9 Å². The molecule has 1 nitrogen and oxygen atoms in total. The maximum atomic E-state index is 10.8. The van der Waals surface area contributed by atoms with E-state index < -0.39 is 0 Å². The third-order valence-corrected chi connectivity index (χ3v) is 3.39. The van der Waals surface area contributed by atoms with Crippen molar-refractivity contribution in [1.82, 2.24) is 0 Å². The molecule has 1 fully saturated rings. The van der Waals surface area contributed by atoms with Gasteiger partial charge in [-0.15, -0.1) is 0 Å². The quantitative estimate of drug-likeness (QED) is 0.484. The lowest BCUT2D eigenvalue weighted by Crippen LogP contribution is -1.95. The summed E-state index contributed by atoms with van der Waals surface area (Å²) in [7, 11) is 0.